The second-order valence-corrected chi connectivity index (χ2v) is 12.9. The van der Waals surface area contributed by atoms with E-state index in [1.807, 2.05) is 0 Å². The summed E-state index contributed by atoms with van der Waals surface area (Å²) in [4.78, 5) is 24.3. The molecule has 0 saturated heterocycles. The van der Waals surface area contributed by atoms with Crippen molar-refractivity contribution in [1.82, 2.24) is 5.32 Å². The zero-order valence-corrected chi connectivity index (χ0v) is 28.5. The summed E-state index contributed by atoms with van der Waals surface area (Å²) in [5.41, 5.74) is 0. The minimum absolute atomic E-state index is 0.00968. The van der Waals surface area contributed by atoms with Crippen molar-refractivity contribution in [3.05, 3.63) is 0 Å². The van der Waals surface area contributed by atoms with E-state index in [1.165, 1.54) is 141 Å². The summed E-state index contributed by atoms with van der Waals surface area (Å²) < 4.78 is 5.87. The third-order valence-corrected chi connectivity index (χ3v) is 8.75. The SMILES string of the molecule is CCCCCCCCCCCCN[C@@H](CCC(=O)O)C(=O)OCC(CCCCCCCC)CCCCCCCCCC. The van der Waals surface area contributed by atoms with Crippen molar-refractivity contribution < 1.29 is 19.4 Å². The number of esters is 1. The van der Waals surface area contributed by atoms with E-state index in [0.29, 0.717) is 18.9 Å². The molecular formula is C37H73NO4. The van der Waals surface area contributed by atoms with Crippen LogP contribution in [0.25, 0.3) is 0 Å². The number of carbonyl (C=O) groups is 2. The third-order valence-electron chi connectivity index (χ3n) is 8.75. The lowest BCUT2D eigenvalue weighted by Gasteiger charge is -2.21. The van der Waals surface area contributed by atoms with Gasteiger partial charge in [0, 0.05) is 6.42 Å². The van der Waals surface area contributed by atoms with Gasteiger partial charge >= 0.3 is 11.9 Å². The maximum absolute atomic E-state index is 13.0. The second-order valence-electron chi connectivity index (χ2n) is 12.9. The van der Waals surface area contributed by atoms with E-state index in [0.717, 1.165) is 32.2 Å². The van der Waals surface area contributed by atoms with Crippen molar-refractivity contribution in [2.75, 3.05) is 13.2 Å². The molecule has 1 unspecified atom stereocenters. The Morgan fingerprint density at radius 3 is 1.33 bits per heavy atom. The maximum Gasteiger partial charge on any atom is 0.323 e. The number of carbonyl (C=O) groups excluding carboxylic acids is 1. The van der Waals surface area contributed by atoms with Crippen molar-refractivity contribution in [3.63, 3.8) is 0 Å². The average molecular weight is 596 g/mol. The molecule has 0 aromatic rings. The first-order valence-corrected chi connectivity index (χ1v) is 18.7. The molecule has 0 saturated carbocycles. The summed E-state index contributed by atoms with van der Waals surface area (Å²) in [5, 5.41) is 12.6. The molecule has 0 radical (unpaired) electrons. The number of rotatable bonds is 34. The van der Waals surface area contributed by atoms with Crippen LogP contribution >= 0.6 is 0 Å². The summed E-state index contributed by atoms with van der Waals surface area (Å²) in [5.74, 6) is -0.696. The molecule has 0 amide bonds. The Morgan fingerprint density at radius 2 is 0.929 bits per heavy atom. The van der Waals surface area contributed by atoms with Gasteiger partial charge in [0.15, 0.2) is 0 Å². The maximum atomic E-state index is 13.0. The van der Waals surface area contributed by atoms with Crippen LogP contribution in [0.4, 0.5) is 0 Å². The van der Waals surface area contributed by atoms with Gasteiger partial charge in [0.25, 0.3) is 0 Å². The number of ether oxygens (including phenoxy) is 1. The highest BCUT2D eigenvalue weighted by Crippen LogP contribution is 2.20. The molecule has 5 nitrogen and oxygen atoms in total. The van der Waals surface area contributed by atoms with Crippen LogP contribution in [0.3, 0.4) is 0 Å². The van der Waals surface area contributed by atoms with Crippen LogP contribution in [0.2, 0.25) is 0 Å². The molecular weight excluding hydrogens is 522 g/mol. The smallest absolute Gasteiger partial charge is 0.323 e. The van der Waals surface area contributed by atoms with Gasteiger partial charge in [-0.05, 0) is 38.1 Å². The second kappa shape index (κ2) is 32.8. The van der Waals surface area contributed by atoms with E-state index in [2.05, 4.69) is 26.1 Å². The van der Waals surface area contributed by atoms with Gasteiger partial charge in [-0.15, -0.1) is 0 Å². The molecule has 0 fully saturated rings. The summed E-state index contributed by atoms with van der Waals surface area (Å²) in [6.45, 7) is 8.00. The number of aliphatic carboxylic acids is 1. The number of hydrogen-bond acceptors (Lipinski definition) is 4. The van der Waals surface area contributed by atoms with Gasteiger partial charge < -0.3 is 15.2 Å². The molecule has 2 N–H and O–H groups in total. The number of unbranched alkanes of at least 4 members (excludes halogenated alkanes) is 21. The number of nitrogens with one attached hydrogen (secondary N) is 1. The summed E-state index contributed by atoms with van der Waals surface area (Å²) in [6.07, 6.45) is 33.5. The average Bonchev–Trinajstić information content (AvgIpc) is 2.98. The van der Waals surface area contributed by atoms with Crippen LogP contribution in [0, 0.1) is 5.92 Å². The van der Waals surface area contributed by atoms with E-state index in [9.17, 15) is 14.7 Å². The van der Waals surface area contributed by atoms with E-state index < -0.39 is 12.0 Å². The lowest BCUT2D eigenvalue weighted by atomic mass is 9.94. The van der Waals surface area contributed by atoms with Gasteiger partial charge in [-0.1, -0.05) is 168 Å². The Balaban J connectivity index is 4.50. The normalized spacial score (nSPS) is 12.8. The van der Waals surface area contributed by atoms with Crippen molar-refractivity contribution >= 4 is 11.9 Å². The Labute approximate surface area is 262 Å². The number of hydrogen-bond donors (Lipinski definition) is 2. The van der Waals surface area contributed by atoms with Crippen LogP contribution in [0.1, 0.15) is 201 Å². The zero-order chi connectivity index (χ0) is 30.9. The van der Waals surface area contributed by atoms with Crippen LogP contribution < -0.4 is 5.32 Å². The molecule has 0 aliphatic heterocycles. The fraction of sp³-hybridized carbons (Fsp3) is 0.946. The molecule has 2 atom stereocenters. The largest absolute Gasteiger partial charge is 0.481 e. The van der Waals surface area contributed by atoms with E-state index in [4.69, 9.17) is 4.74 Å². The Kier molecular flexibility index (Phi) is 31.9. The fourth-order valence-electron chi connectivity index (χ4n) is 5.85. The molecule has 250 valence electrons. The topological polar surface area (TPSA) is 75.6 Å². The first-order valence-electron chi connectivity index (χ1n) is 18.7. The van der Waals surface area contributed by atoms with Gasteiger partial charge in [-0.25, -0.2) is 0 Å². The van der Waals surface area contributed by atoms with E-state index in [-0.39, 0.29) is 12.4 Å². The van der Waals surface area contributed by atoms with Crippen LogP contribution in [0.15, 0.2) is 0 Å². The third kappa shape index (κ3) is 29.0. The van der Waals surface area contributed by atoms with E-state index in [1.54, 1.807) is 0 Å². The zero-order valence-electron chi connectivity index (χ0n) is 28.5. The van der Waals surface area contributed by atoms with Gasteiger partial charge in [-0.3, -0.25) is 9.59 Å². The van der Waals surface area contributed by atoms with Gasteiger partial charge in [-0.2, -0.15) is 0 Å². The summed E-state index contributed by atoms with van der Waals surface area (Å²) >= 11 is 0. The van der Waals surface area contributed by atoms with Crippen LogP contribution in [-0.2, 0) is 14.3 Å². The molecule has 0 rings (SSSR count). The molecule has 0 bridgehead atoms. The molecule has 0 aromatic heterocycles. The van der Waals surface area contributed by atoms with Crippen LogP contribution in [0.5, 0.6) is 0 Å². The minimum Gasteiger partial charge on any atom is -0.481 e. The van der Waals surface area contributed by atoms with Gasteiger partial charge in [0.1, 0.15) is 6.04 Å². The number of carboxylic acid groups (broad SMARTS) is 1. The van der Waals surface area contributed by atoms with Gasteiger partial charge in [0.05, 0.1) is 6.61 Å². The predicted octanol–water partition coefficient (Wildman–Crippen LogP) is 11.2. The Hall–Kier alpha value is -1.10. The molecule has 0 spiro atoms. The molecule has 0 aromatic carbocycles. The highest BCUT2D eigenvalue weighted by Gasteiger charge is 2.22. The molecule has 0 heterocycles. The highest BCUT2D eigenvalue weighted by atomic mass is 16.5. The predicted molar refractivity (Wildman–Crippen MR) is 180 cm³/mol. The van der Waals surface area contributed by atoms with Crippen molar-refractivity contribution in [2.24, 2.45) is 5.92 Å². The summed E-state index contributed by atoms with van der Waals surface area (Å²) in [6, 6.07) is -0.516. The molecule has 0 aliphatic rings. The Morgan fingerprint density at radius 1 is 0.548 bits per heavy atom. The first-order chi connectivity index (χ1) is 20.5. The highest BCUT2D eigenvalue weighted by molar-refractivity contribution is 5.77. The summed E-state index contributed by atoms with van der Waals surface area (Å²) in [7, 11) is 0. The molecule has 0 aliphatic carbocycles. The van der Waals surface area contributed by atoms with Crippen molar-refractivity contribution in [3.8, 4) is 0 Å². The van der Waals surface area contributed by atoms with Gasteiger partial charge in [0.2, 0.25) is 0 Å². The standard InChI is InChI=1S/C37H73NO4/c1-4-7-10-13-16-18-19-21-24-27-32-38-35(30-31-36(39)40)37(41)42-33-34(28-25-22-15-12-9-6-3)29-26-23-20-17-14-11-8-5-2/h34-35,38H,4-33H2,1-3H3,(H,39,40)/t34?,35-/m0/s1. The lowest BCUT2D eigenvalue weighted by Crippen LogP contribution is -2.39. The Bertz CT molecular complexity index is 582. The molecule has 42 heavy (non-hydrogen) atoms. The van der Waals surface area contributed by atoms with Crippen molar-refractivity contribution in [2.45, 2.75) is 207 Å². The van der Waals surface area contributed by atoms with E-state index >= 15 is 0 Å². The lowest BCUT2D eigenvalue weighted by molar-refractivity contribution is -0.148. The quantitative estimate of drug-likeness (QED) is 0.0571. The first kappa shape index (κ1) is 40.9. The minimum atomic E-state index is -0.857. The molecule has 5 heteroatoms. The van der Waals surface area contributed by atoms with Crippen LogP contribution in [-0.4, -0.2) is 36.2 Å². The monoisotopic (exact) mass is 596 g/mol. The number of carboxylic acids is 1. The van der Waals surface area contributed by atoms with Crippen molar-refractivity contribution in [1.29, 1.82) is 0 Å². The fourth-order valence-corrected chi connectivity index (χ4v) is 5.85.